The Morgan fingerprint density at radius 1 is 1.16 bits per heavy atom. The number of unbranched alkanes of at least 4 members (excludes halogenated alkanes) is 1. The Morgan fingerprint density at radius 3 is 2.16 bits per heavy atom. The van der Waals surface area contributed by atoms with Crippen LogP contribution < -0.4 is 16.0 Å². The number of allylic oxidation sites excluding steroid dienone is 1. The second-order valence-electron chi connectivity index (χ2n) is 5.53. The first kappa shape index (κ1) is 18.3. The zero-order valence-corrected chi connectivity index (χ0v) is 14.5. The van der Waals surface area contributed by atoms with E-state index in [1.54, 1.807) is 31.2 Å². The van der Waals surface area contributed by atoms with Gasteiger partial charge in [-0.1, -0.05) is 37.6 Å². The smallest absolute Gasteiger partial charge is 0.356 e. The first-order valence-electron chi connectivity index (χ1n) is 8.03. The predicted molar refractivity (Wildman–Crippen MR) is 94.6 cm³/mol. The minimum Gasteiger partial charge on any atom is -0.464 e. The third-order valence-corrected chi connectivity index (χ3v) is 3.96. The first-order valence-corrected chi connectivity index (χ1v) is 8.03. The minimum atomic E-state index is -0.658. The number of hydrogen-bond acceptors (Lipinski definition) is 5. The molecule has 6 nitrogen and oxygen atoms in total. The number of rotatable bonds is 6. The van der Waals surface area contributed by atoms with Crippen LogP contribution in [-0.2, 0) is 19.1 Å². The standard InChI is InChI=1S/C19H20N2O4/c1-4-5-10-20-13(2)18(19(24)25-3)21-16(11-22)14-8-6-7-9-15(14)17(21)12-23/h6-9,20H,4-5,10H2,1-3H3/b18-13+. The number of methoxy groups -OCH3 is 1. The summed E-state index contributed by atoms with van der Waals surface area (Å²) in [5.74, 6) is 3.02. The topological polar surface area (TPSA) is 77.4 Å². The highest BCUT2D eigenvalue weighted by atomic mass is 16.5. The average Bonchev–Trinajstić information content (AvgIpc) is 2.95. The molecule has 1 aromatic heterocycles. The van der Waals surface area contributed by atoms with Gasteiger partial charge in [-0.15, -0.1) is 0 Å². The lowest BCUT2D eigenvalue weighted by Crippen LogP contribution is -2.34. The van der Waals surface area contributed by atoms with E-state index in [9.17, 15) is 14.4 Å². The van der Waals surface area contributed by atoms with Crippen LogP contribution in [0.2, 0.25) is 0 Å². The molecule has 0 aliphatic carbocycles. The highest BCUT2D eigenvalue weighted by molar-refractivity contribution is 6.12. The van der Waals surface area contributed by atoms with E-state index >= 15 is 0 Å². The Hall–Kier alpha value is -3.07. The van der Waals surface area contributed by atoms with Crippen LogP contribution in [0.25, 0.3) is 16.5 Å². The quantitative estimate of drug-likeness (QED) is 0.468. The number of benzene rings is 1. The van der Waals surface area contributed by atoms with Crippen molar-refractivity contribution < 1.29 is 19.1 Å². The number of esters is 1. The number of fused-ring (bicyclic) bond motifs is 1. The highest BCUT2D eigenvalue weighted by Gasteiger charge is 2.21. The molecule has 25 heavy (non-hydrogen) atoms. The molecule has 0 fully saturated rings. The number of ether oxygens (including phenoxy) is 1. The zero-order chi connectivity index (χ0) is 18.4. The summed E-state index contributed by atoms with van der Waals surface area (Å²) < 4.78 is 6.14. The van der Waals surface area contributed by atoms with Gasteiger partial charge in [0.2, 0.25) is 0 Å². The number of nitrogens with zero attached hydrogens (tertiary/aromatic N) is 1. The minimum absolute atomic E-state index is 0.0755. The summed E-state index contributed by atoms with van der Waals surface area (Å²) >= 11 is 0. The van der Waals surface area contributed by atoms with Gasteiger partial charge in [-0.3, -0.25) is 4.57 Å². The molecule has 6 heteroatoms. The molecule has 0 spiro atoms. The molecule has 0 aliphatic rings. The Bertz CT molecular complexity index is 933. The maximum atomic E-state index is 12.4. The summed E-state index contributed by atoms with van der Waals surface area (Å²) in [5.41, 5.74) is 0.583. The van der Waals surface area contributed by atoms with E-state index in [-0.39, 0.29) is 16.4 Å². The lowest BCUT2D eigenvalue weighted by molar-refractivity contribution is -0.134. The molecule has 0 unspecified atom stereocenters. The fourth-order valence-electron chi connectivity index (χ4n) is 2.72. The van der Waals surface area contributed by atoms with Gasteiger partial charge < -0.3 is 10.1 Å². The number of carbonyl (C=O) groups is 1. The zero-order valence-electron chi connectivity index (χ0n) is 14.5. The van der Waals surface area contributed by atoms with Gasteiger partial charge in [0.1, 0.15) is 10.7 Å². The fraction of sp³-hybridized carbons (Fsp3) is 0.316. The van der Waals surface area contributed by atoms with Gasteiger partial charge >= 0.3 is 5.97 Å². The number of nitrogens with one attached hydrogen (secondary N) is 1. The number of hydrogen-bond donors (Lipinski definition) is 1. The van der Waals surface area contributed by atoms with Gasteiger partial charge in [0, 0.05) is 23.0 Å². The van der Waals surface area contributed by atoms with Crippen LogP contribution >= 0.6 is 0 Å². The van der Waals surface area contributed by atoms with Gasteiger partial charge in [0.05, 0.1) is 7.11 Å². The van der Waals surface area contributed by atoms with Gasteiger partial charge in [-0.25, -0.2) is 14.4 Å². The third kappa shape index (κ3) is 3.41. The molecule has 1 N–H and O–H groups in total. The second-order valence-corrected chi connectivity index (χ2v) is 5.53. The molecule has 1 aromatic carbocycles. The van der Waals surface area contributed by atoms with Crippen molar-refractivity contribution in [2.45, 2.75) is 26.7 Å². The van der Waals surface area contributed by atoms with Crippen molar-refractivity contribution in [2.75, 3.05) is 13.7 Å². The van der Waals surface area contributed by atoms with E-state index in [1.165, 1.54) is 11.7 Å². The van der Waals surface area contributed by atoms with Gasteiger partial charge in [-0.05, 0) is 13.3 Å². The van der Waals surface area contributed by atoms with Crippen molar-refractivity contribution in [1.29, 1.82) is 0 Å². The van der Waals surface area contributed by atoms with Crippen LogP contribution in [0.4, 0.5) is 0 Å². The number of carbonyl (C=O) groups excluding carboxylic acids is 3. The largest absolute Gasteiger partial charge is 0.464 e. The van der Waals surface area contributed by atoms with E-state index < -0.39 is 5.97 Å². The molecular weight excluding hydrogens is 320 g/mol. The van der Waals surface area contributed by atoms with Crippen LogP contribution in [0.5, 0.6) is 0 Å². The summed E-state index contributed by atoms with van der Waals surface area (Å²) in [7, 11) is 1.25. The molecule has 0 atom stereocenters. The van der Waals surface area contributed by atoms with Gasteiger partial charge in [0.15, 0.2) is 17.6 Å². The van der Waals surface area contributed by atoms with E-state index in [0.717, 1.165) is 12.8 Å². The summed E-state index contributed by atoms with van der Waals surface area (Å²) in [6.45, 7) is 4.42. The van der Waals surface area contributed by atoms with Crippen molar-refractivity contribution in [1.82, 2.24) is 9.88 Å². The number of aromatic nitrogens is 1. The summed E-state index contributed by atoms with van der Waals surface area (Å²) in [5, 5.41) is 4.37. The van der Waals surface area contributed by atoms with Crippen LogP contribution in [0.15, 0.2) is 30.0 Å². The van der Waals surface area contributed by atoms with Gasteiger partial charge in [-0.2, -0.15) is 0 Å². The average molecular weight is 340 g/mol. The second kappa shape index (κ2) is 8.15. The SMILES string of the molecule is CCCCN/C(C)=C(\C(=O)OC)n1c(=C=O)c2ccccc2c1=C=O. The monoisotopic (exact) mass is 340 g/mol. The van der Waals surface area contributed by atoms with E-state index in [4.69, 9.17) is 4.74 Å². The van der Waals surface area contributed by atoms with E-state index in [2.05, 4.69) is 12.2 Å². The van der Waals surface area contributed by atoms with Crippen LogP contribution in [0, 0.1) is 0 Å². The highest BCUT2D eigenvalue weighted by Crippen LogP contribution is 2.12. The lowest BCUT2D eigenvalue weighted by atomic mass is 10.2. The molecular formula is C19H20N2O4. The Balaban J connectivity index is 2.88. The third-order valence-electron chi connectivity index (χ3n) is 3.96. The fourth-order valence-corrected chi connectivity index (χ4v) is 2.72. The Labute approximate surface area is 145 Å². The Kier molecular flexibility index (Phi) is 5.96. The van der Waals surface area contributed by atoms with Crippen molar-refractivity contribution in [3.05, 3.63) is 40.7 Å². The van der Waals surface area contributed by atoms with Crippen molar-refractivity contribution in [2.24, 2.45) is 0 Å². The summed E-state index contributed by atoms with van der Waals surface area (Å²) in [6.07, 6.45) is 1.90. The van der Waals surface area contributed by atoms with E-state index in [0.29, 0.717) is 23.0 Å². The van der Waals surface area contributed by atoms with Crippen molar-refractivity contribution in [3.63, 3.8) is 0 Å². The lowest BCUT2D eigenvalue weighted by Gasteiger charge is -2.13. The first-order chi connectivity index (χ1) is 12.1. The Morgan fingerprint density at radius 2 is 1.72 bits per heavy atom. The molecule has 130 valence electrons. The van der Waals surface area contributed by atoms with Crippen LogP contribution in [0.1, 0.15) is 26.7 Å². The molecule has 0 amide bonds. The normalized spacial score (nSPS) is 11.5. The van der Waals surface area contributed by atoms with Crippen LogP contribution in [-0.4, -0.2) is 36.1 Å². The molecule has 0 saturated carbocycles. The molecule has 1 heterocycles. The summed E-state index contributed by atoms with van der Waals surface area (Å²) in [6, 6.07) is 6.88. The molecule has 0 aliphatic heterocycles. The molecule has 0 radical (unpaired) electrons. The van der Waals surface area contributed by atoms with Gasteiger partial charge in [0.25, 0.3) is 0 Å². The van der Waals surface area contributed by atoms with Crippen molar-refractivity contribution >= 4 is 34.3 Å². The molecule has 0 saturated heterocycles. The maximum Gasteiger partial charge on any atom is 0.356 e. The predicted octanol–water partition coefficient (Wildman–Crippen LogP) is 0.399. The maximum absolute atomic E-state index is 12.4. The molecule has 2 rings (SSSR count). The van der Waals surface area contributed by atoms with E-state index in [1.807, 2.05) is 11.9 Å². The summed E-state index contributed by atoms with van der Waals surface area (Å²) in [4.78, 5) is 35.6. The van der Waals surface area contributed by atoms with Crippen molar-refractivity contribution in [3.8, 4) is 0 Å². The molecule has 2 aromatic rings. The van der Waals surface area contributed by atoms with Crippen LogP contribution in [0.3, 0.4) is 0 Å². The molecule has 0 bridgehead atoms.